The Morgan fingerprint density at radius 3 is 2.62 bits per heavy atom. The molecule has 1 amide bonds. The third-order valence-corrected chi connectivity index (χ3v) is 5.51. The lowest BCUT2D eigenvalue weighted by Gasteiger charge is -2.28. The molecule has 1 aliphatic heterocycles. The highest BCUT2D eigenvalue weighted by molar-refractivity contribution is 6.30. The Labute approximate surface area is 173 Å². The van der Waals surface area contributed by atoms with Crippen LogP contribution in [0.25, 0.3) is 10.8 Å². The van der Waals surface area contributed by atoms with Crippen LogP contribution in [0.1, 0.15) is 27.9 Å². The zero-order valence-electron chi connectivity index (χ0n) is 15.7. The van der Waals surface area contributed by atoms with E-state index in [0.29, 0.717) is 29.9 Å². The summed E-state index contributed by atoms with van der Waals surface area (Å²) in [5, 5.41) is 14.6. The summed E-state index contributed by atoms with van der Waals surface area (Å²) < 4.78 is 20.4. The molecule has 1 saturated heterocycles. The van der Waals surface area contributed by atoms with Gasteiger partial charge in [0, 0.05) is 17.0 Å². The number of halogens is 2. The second-order valence-electron chi connectivity index (χ2n) is 7.26. The lowest BCUT2D eigenvalue weighted by Crippen LogP contribution is -2.48. The summed E-state index contributed by atoms with van der Waals surface area (Å²) in [7, 11) is 0. The molecule has 4 nitrogen and oxygen atoms in total. The maximum Gasteiger partial charge on any atom is 0.254 e. The van der Waals surface area contributed by atoms with Gasteiger partial charge in [-0.2, -0.15) is 0 Å². The number of benzene rings is 3. The highest BCUT2D eigenvalue weighted by Crippen LogP contribution is 2.28. The number of aliphatic hydroxyl groups excluding tert-OH is 1. The van der Waals surface area contributed by atoms with E-state index in [2.05, 4.69) is 5.32 Å². The van der Waals surface area contributed by atoms with E-state index in [9.17, 15) is 9.90 Å². The summed E-state index contributed by atoms with van der Waals surface area (Å²) in [5.74, 6) is -1.09. The number of carbonyl (C=O) groups is 1. The summed E-state index contributed by atoms with van der Waals surface area (Å²) in [6.45, 7) is 0.608. The van der Waals surface area contributed by atoms with Crippen molar-refractivity contribution in [3.63, 3.8) is 0 Å². The largest absolute Gasteiger partial charge is 0.389 e. The van der Waals surface area contributed by atoms with Gasteiger partial charge in [-0.3, -0.25) is 4.79 Å². The highest BCUT2D eigenvalue weighted by Gasteiger charge is 2.27. The topological polar surface area (TPSA) is 58.6 Å². The van der Waals surface area contributed by atoms with Gasteiger partial charge in [0.1, 0.15) is 5.82 Å². The molecule has 3 aromatic rings. The minimum Gasteiger partial charge on any atom is -0.389 e. The molecule has 4 rings (SSSR count). The van der Waals surface area contributed by atoms with Crippen molar-refractivity contribution >= 4 is 28.3 Å². The minimum absolute atomic E-state index is 0.0219. The molecule has 0 aromatic heterocycles. The summed E-state index contributed by atoms with van der Waals surface area (Å²) in [6, 6.07) is 15.7. The van der Waals surface area contributed by atoms with E-state index in [1.807, 2.05) is 36.4 Å². The molecule has 6 heteroatoms. The van der Waals surface area contributed by atoms with Gasteiger partial charge in [0.25, 0.3) is 5.91 Å². The average molecular weight is 414 g/mol. The summed E-state index contributed by atoms with van der Waals surface area (Å²) in [5.41, 5.74) is 1.84. The van der Waals surface area contributed by atoms with Crippen molar-refractivity contribution in [2.75, 3.05) is 13.2 Å². The summed E-state index contributed by atoms with van der Waals surface area (Å²) >= 11 is 5.97. The van der Waals surface area contributed by atoms with Crippen LogP contribution in [0.15, 0.2) is 54.6 Å². The molecule has 1 heterocycles. The van der Waals surface area contributed by atoms with Gasteiger partial charge in [-0.25, -0.2) is 4.39 Å². The van der Waals surface area contributed by atoms with Crippen molar-refractivity contribution in [3.8, 4) is 0 Å². The number of ether oxygens (including phenoxy) is 1. The van der Waals surface area contributed by atoms with Crippen molar-refractivity contribution in [2.24, 2.45) is 0 Å². The van der Waals surface area contributed by atoms with E-state index in [1.54, 1.807) is 18.2 Å². The van der Waals surface area contributed by atoms with Gasteiger partial charge < -0.3 is 15.2 Å². The van der Waals surface area contributed by atoms with Crippen LogP contribution in [0.5, 0.6) is 0 Å². The number of rotatable bonds is 4. The van der Waals surface area contributed by atoms with Crippen LogP contribution in [-0.4, -0.2) is 36.4 Å². The second kappa shape index (κ2) is 8.49. The molecule has 0 saturated carbocycles. The fourth-order valence-corrected chi connectivity index (χ4v) is 3.81. The summed E-state index contributed by atoms with van der Waals surface area (Å²) in [6.07, 6.45) is 0.225. The normalized spacial score (nSPS) is 19.3. The van der Waals surface area contributed by atoms with Crippen molar-refractivity contribution < 1.29 is 19.0 Å². The predicted octanol–water partition coefficient (Wildman–Crippen LogP) is 4.10. The van der Waals surface area contributed by atoms with Crippen molar-refractivity contribution in [3.05, 3.63) is 82.1 Å². The molecule has 150 valence electrons. The molecule has 0 aliphatic carbocycles. The van der Waals surface area contributed by atoms with Gasteiger partial charge in [0.2, 0.25) is 0 Å². The average Bonchev–Trinajstić information content (AvgIpc) is 2.73. The Morgan fingerprint density at radius 2 is 1.90 bits per heavy atom. The number of nitrogens with one attached hydrogen (secondary N) is 1. The quantitative estimate of drug-likeness (QED) is 0.677. The van der Waals surface area contributed by atoms with Crippen molar-refractivity contribution in [1.82, 2.24) is 5.32 Å². The van der Waals surface area contributed by atoms with Crippen LogP contribution in [-0.2, 0) is 11.2 Å². The molecule has 1 fully saturated rings. The van der Waals surface area contributed by atoms with Crippen LogP contribution in [0, 0.1) is 5.82 Å². The van der Waals surface area contributed by atoms with Gasteiger partial charge >= 0.3 is 0 Å². The molecule has 0 radical (unpaired) electrons. The monoisotopic (exact) mass is 413 g/mol. The minimum atomic E-state index is -0.801. The van der Waals surface area contributed by atoms with Gasteiger partial charge in [-0.05, 0) is 47.6 Å². The number of aliphatic hydroxyl groups is 1. The van der Waals surface area contributed by atoms with Crippen molar-refractivity contribution in [1.29, 1.82) is 0 Å². The van der Waals surface area contributed by atoms with Gasteiger partial charge in [0.05, 0.1) is 24.3 Å². The molecule has 0 spiro atoms. The molecule has 2 N–H and O–H groups in total. The Kier molecular flexibility index (Phi) is 5.81. The van der Waals surface area contributed by atoms with Crippen LogP contribution in [0.4, 0.5) is 4.39 Å². The molecule has 2 atom stereocenters. The maximum absolute atomic E-state index is 15.2. The first kappa shape index (κ1) is 19.8. The standard InChI is InChI=1S/C23H21ClFNO3/c24-16-7-5-14(6-8-16)11-15-12-19(22(25)18-4-2-1-3-17(15)18)23(28)26-20-9-10-29-13-21(20)27/h1-8,12,20-21,27H,9-11,13H2,(H,26,28)/t20-,21-/m0/s1. The van der Waals surface area contributed by atoms with E-state index >= 15 is 4.39 Å². The number of hydrogen-bond donors (Lipinski definition) is 2. The number of hydrogen-bond acceptors (Lipinski definition) is 3. The fourth-order valence-electron chi connectivity index (χ4n) is 3.69. The predicted molar refractivity (Wildman–Crippen MR) is 111 cm³/mol. The van der Waals surface area contributed by atoms with Gasteiger partial charge in [-0.1, -0.05) is 48.0 Å². The van der Waals surface area contributed by atoms with Crippen LogP contribution >= 0.6 is 11.6 Å². The van der Waals surface area contributed by atoms with E-state index in [1.165, 1.54) is 0 Å². The first-order valence-electron chi connectivity index (χ1n) is 9.54. The molecule has 0 bridgehead atoms. The Bertz CT molecular complexity index is 1040. The molecule has 0 unspecified atom stereocenters. The SMILES string of the molecule is O=C(N[C@H]1CCOC[C@@H]1O)c1cc(Cc2ccc(Cl)cc2)c2ccccc2c1F. The zero-order chi connectivity index (χ0) is 20.4. The molecule has 3 aromatic carbocycles. The third-order valence-electron chi connectivity index (χ3n) is 5.26. The van der Waals surface area contributed by atoms with Crippen LogP contribution in [0.3, 0.4) is 0 Å². The van der Waals surface area contributed by atoms with E-state index < -0.39 is 23.9 Å². The first-order valence-corrected chi connectivity index (χ1v) is 9.92. The number of carbonyl (C=O) groups excluding carboxylic acids is 1. The number of amides is 1. The van der Waals surface area contributed by atoms with E-state index in [0.717, 1.165) is 16.5 Å². The first-order chi connectivity index (χ1) is 14.0. The van der Waals surface area contributed by atoms with E-state index in [-0.39, 0.29) is 12.2 Å². The molecular weight excluding hydrogens is 393 g/mol. The second-order valence-corrected chi connectivity index (χ2v) is 7.69. The van der Waals surface area contributed by atoms with Gasteiger partial charge in [0.15, 0.2) is 0 Å². The smallest absolute Gasteiger partial charge is 0.254 e. The summed E-state index contributed by atoms with van der Waals surface area (Å²) in [4.78, 5) is 12.9. The maximum atomic E-state index is 15.2. The highest BCUT2D eigenvalue weighted by atomic mass is 35.5. The Morgan fingerprint density at radius 1 is 1.17 bits per heavy atom. The van der Waals surface area contributed by atoms with Crippen LogP contribution in [0.2, 0.25) is 5.02 Å². The van der Waals surface area contributed by atoms with Gasteiger partial charge in [-0.15, -0.1) is 0 Å². The van der Waals surface area contributed by atoms with Crippen LogP contribution < -0.4 is 5.32 Å². The third kappa shape index (κ3) is 4.27. The molecule has 1 aliphatic rings. The fraction of sp³-hybridized carbons (Fsp3) is 0.261. The zero-order valence-corrected chi connectivity index (χ0v) is 16.5. The lowest BCUT2D eigenvalue weighted by molar-refractivity contribution is -0.0261. The Balaban J connectivity index is 1.71. The molecular formula is C23H21ClFNO3. The Hall–Kier alpha value is -2.47. The van der Waals surface area contributed by atoms with E-state index in [4.69, 9.17) is 16.3 Å². The molecule has 29 heavy (non-hydrogen) atoms. The number of fused-ring (bicyclic) bond motifs is 1. The van der Waals surface area contributed by atoms with Crippen molar-refractivity contribution in [2.45, 2.75) is 25.0 Å². The lowest BCUT2D eigenvalue weighted by atomic mass is 9.94.